The number of aryl methyl sites for hydroxylation is 1. The minimum Gasteiger partial charge on any atom is -0.289 e. The van der Waals surface area contributed by atoms with Gasteiger partial charge in [-0.2, -0.15) is 0 Å². The maximum Gasteiger partial charge on any atom is 0.242 e. The van der Waals surface area contributed by atoms with Gasteiger partial charge in [-0.05, 0) is 36.6 Å². The lowest BCUT2D eigenvalue weighted by Gasteiger charge is -2.19. The van der Waals surface area contributed by atoms with Gasteiger partial charge < -0.3 is 0 Å². The predicted octanol–water partition coefficient (Wildman–Crippen LogP) is 4.27. The maximum atomic E-state index is 13.0. The first-order valence-corrected chi connectivity index (χ1v) is 9.92. The number of aliphatic imine (C=N–C) groups is 1. The van der Waals surface area contributed by atoms with E-state index in [-0.39, 0.29) is 11.2 Å². The molecule has 24 heavy (non-hydrogen) atoms. The summed E-state index contributed by atoms with van der Waals surface area (Å²) < 4.78 is 0. The summed E-state index contributed by atoms with van der Waals surface area (Å²) in [6.45, 7) is 2.80. The van der Waals surface area contributed by atoms with Crippen molar-refractivity contribution in [2.45, 2.75) is 23.5 Å². The number of benzene rings is 2. The number of carbonyl (C=O) groups is 1. The van der Waals surface area contributed by atoms with Gasteiger partial charge in [0.25, 0.3) is 0 Å². The Kier molecular flexibility index (Phi) is 4.37. The van der Waals surface area contributed by atoms with Gasteiger partial charge in [0.15, 0.2) is 5.17 Å². The third kappa shape index (κ3) is 2.98. The van der Waals surface area contributed by atoms with Gasteiger partial charge in [0.2, 0.25) is 5.91 Å². The van der Waals surface area contributed by atoms with Gasteiger partial charge in [0, 0.05) is 17.2 Å². The highest BCUT2D eigenvalue weighted by Crippen LogP contribution is 2.38. The van der Waals surface area contributed by atoms with Crippen LogP contribution in [0.4, 0.5) is 5.69 Å². The van der Waals surface area contributed by atoms with Crippen LogP contribution in [0.3, 0.4) is 0 Å². The predicted molar refractivity (Wildman–Crippen MR) is 102 cm³/mol. The molecule has 2 aliphatic rings. The number of fused-ring (bicyclic) bond motifs is 1. The lowest BCUT2D eigenvalue weighted by atomic mass is 10.1. The molecule has 0 spiro atoms. The van der Waals surface area contributed by atoms with Crippen molar-refractivity contribution in [3.05, 3.63) is 59.7 Å². The van der Waals surface area contributed by atoms with E-state index < -0.39 is 0 Å². The first-order valence-electron chi connectivity index (χ1n) is 8.05. The topological polar surface area (TPSA) is 32.7 Å². The molecule has 0 radical (unpaired) electrons. The van der Waals surface area contributed by atoms with Crippen LogP contribution in [-0.4, -0.2) is 33.5 Å². The van der Waals surface area contributed by atoms with E-state index in [4.69, 9.17) is 4.99 Å². The van der Waals surface area contributed by atoms with Crippen LogP contribution in [0.1, 0.15) is 11.1 Å². The average molecular weight is 354 g/mol. The van der Waals surface area contributed by atoms with Crippen molar-refractivity contribution in [3.63, 3.8) is 0 Å². The molecule has 1 amide bonds. The fourth-order valence-electron chi connectivity index (χ4n) is 2.98. The number of nitrogens with zero attached hydrogens (tertiary/aromatic N) is 2. The first kappa shape index (κ1) is 15.8. The molecular weight excluding hydrogens is 336 g/mol. The molecule has 1 atom stereocenters. The van der Waals surface area contributed by atoms with Crippen LogP contribution >= 0.6 is 23.5 Å². The molecular formula is C19H18N2OS2. The van der Waals surface area contributed by atoms with Crippen LogP contribution in [-0.2, 0) is 11.2 Å². The Morgan fingerprint density at radius 1 is 1.17 bits per heavy atom. The van der Waals surface area contributed by atoms with Crippen molar-refractivity contribution in [2.24, 2.45) is 4.99 Å². The molecule has 1 saturated heterocycles. The molecule has 4 rings (SSSR count). The van der Waals surface area contributed by atoms with E-state index in [1.54, 1.807) is 23.5 Å². The highest BCUT2D eigenvalue weighted by atomic mass is 32.2. The molecule has 0 aliphatic carbocycles. The van der Waals surface area contributed by atoms with E-state index in [0.717, 1.165) is 35.1 Å². The number of rotatable bonds is 2. The summed E-state index contributed by atoms with van der Waals surface area (Å²) >= 11 is 3.36. The van der Waals surface area contributed by atoms with Crippen LogP contribution in [0.2, 0.25) is 0 Å². The fraction of sp³-hybridized carbons (Fsp3) is 0.263. The van der Waals surface area contributed by atoms with Gasteiger partial charge in [-0.3, -0.25) is 9.69 Å². The first-order chi connectivity index (χ1) is 11.7. The Balaban J connectivity index is 1.55. The average Bonchev–Trinajstić information content (AvgIpc) is 3.23. The van der Waals surface area contributed by atoms with Crippen molar-refractivity contribution in [1.29, 1.82) is 0 Å². The second-order valence-corrected chi connectivity index (χ2v) is 8.24. The zero-order valence-electron chi connectivity index (χ0n) is 13.4. The number of thioether (sulfide) groups is 2. The summed E-state index contributed by atoms with van der Waals surface area (Å²) in [4.78, 5) is 20.9. The summed E-state index contributed by atoms with van der Waals surface area (Å²) in [7, 11) is 0. The second-order valence-electron chi connectivity index (χ2n) is 5.94. The molecule has 1 unspecified atom stereocenters. The van der Waals surface area contributed by atoms with E-state index in [1.807, 2.05) is 35.2 Å². The minimum atomic E-state index is -0.0248. The quantitative estimate of drug-likeness (QED) is 0.807. The molecule has 1 fully saturated rings. The minimum absolute atomic E-state index is 0.0248. The van der Waals surface area contributed by atoms with Crippen LogP contribution in [0.25, 0.3) is 0 Å². The Hall–Kier alpha value is -1.72. The fourth-order valence-corrected chi connectivity index (χ4v) is 5.20. The van der Waals surface area contributed by atoms with Crippen molar-refractivity contribution in [1.82, 2.24) is 4.90 Å². The van der Waals surface area contributed by atoms with Crippen molar-refractivity contribution in [2.75, 3.05) is 12.3 Å². The number of hydrogen-bond acceptors (Lipinski definition) is 4. The number of carbonyl (C=O) groups excluding carboxylic acids is 1. The van der Waals surface area contributed by atoms with E-state index in [0.29, 0.717) is 0 Å². The van der Waals surface area contributed by atoms with Gasteiger partial charge in [-0.15, -0.1) is 11.8 Å². The van der Waals surface area contributed by atoms with Crippen LogP contribution in [0, 0.1) is 6.92 Å². The van der Waals surface area contributed by atoms with Gasteiger partial charge in [0.1, 0.15) is 0 Å². The normalized spacial score (nSPS) is 21.3. The van der Waals surface area contributed by atoms with E-state index >= 15 is 0 Å². The van der Waals surface area contributed by atoms with Gasteiger partial charge in [-0.1, -0.05) is 48.2 Å². The third-order valence-corrected chi connectivity index (χ3v) is 6.56. The zero-order chi connectivity index (χ0) is 16.5. The smallest absolute Gasteiger partial charge is 0.242 e. The summed E-state index contributed by atoms with van der Waals surface area (Å²) in [5.41, 5.74) is 3.36. The monoisotopic (exact) mass is 354 g/mol. The maximum absolute atomic E-state index is 13.0. The van der Waals surface area contributed by atoms with Crippen LogP contribution in [0.5, 0.6) is 0 Å². The molecule has 2 heterocycles. The molecule has 0 bridgehead atoms. The Bertz CT molecular complexity index is 794. The highest BCUT2D eigenvalue weighted by Gasteiger charge is 2.35. The number of hydrogen-bond donors (Lipinski definition) is 0. The Morgan fingerprint density at radius 3 is 2.79 bits per heavy atom. The number of amides is 1. The van der Waals surface area contributed by atoms with Gasteiger partial charge in [-0.25, -0.2) is 4.99 Å². The number of amidine groups is 1. The van der Waals surface area contributed by atoms with Gasteiger partial charge >= 0.3 is 0 Å². The molecule has 2 aromatic carbocycles. The van der Waals surface area contributed by atoms with E-state index in [9.17, 15) is 4.79 Å². The summed E-state index contributed by atoms with van der Waals surface area (Å²) in [6, 6.07) is 16.4. The van der Waals surface area contributed by atoms with Crippen LogP contribution in [0.15, 0.2) is 58.4 Å². The lowest BCUT2D eigenvalue weighted by Crippen LogP contribution is -2.38. The third-order valence-electron chi connectivity index (χ3n) is 4.30. The molecule has 0 N–H and O–H groups in total. The SMILES string of the molecule is Cc1ccccc1N=C1SCCN1C(=O)C1Cc2ccccc2S1. The van der Waals surface area contributed by atoms with Crippen LogP contribution < -0.4 is 0 Å². The summed E-state index contributed by atoms with van der Waals surface area (Å²) in [6.07, 6.45) is 0.818. The Labute approximate surface area is 150 Å². The van der Waals surface area contributed by atoms with Crippen molar-refractivity contribution < 1.29 is 4.79 Å². The standard InChI is InChI=1S/C19H18N2OS2/c1-13-6-2-4-8-15(13)20-19-21(10-11-23-19)18(22)17-12-14-7-3-5-9-16(14)24-17/h2-9,17H,10-12H2,1H3. The molecule has 2 aromatic rings. The lowest BCUT2D eigenvalue weighted by molar-refractivity contribution is -0.126. The highest BCUT2D eigenvalue weighted by molar-refractivity contribution is 8.14. The van der Waals surface area contributed by atoms with E-state index in [1.165, 1.54) is 10.5 Å². The second kappa shape index (κ2) is 6.65. The largest absolute Gasteiger partial charge is 0.289 e. The summed E-state index contributed by atoms with van der Waals surface area (Å²) in [5.74, 6) is 1.11. The summed E-state index contributed by atoms with van der Waals surface area (Å²) in [5, 5.41) is 0.814. The van der Waals surface area contributed by atoms with Crippen molar-refractivity contribution in [3.8, 4) is 0 Å². The molecule has 0 aromatic heterocycles. The molecule has 5 heteroatoms. The van der Waals surface area contributed by atoms with E-state index in [2.05, 4.69) is 25.1 Å². The zero-order valence-corrected chi connectivity index (χ0v) is 15.1. The van der Waals surface area contributed by atoms with Crippen molar-refractivity contribution >= 4 is 40.3 Å². The van der Waals surface area contributed by atoms with Gasteiger partial charge in [0.05, 0.1) is 10.9 Å². The molecule has 2 aliphatic heterocycles. The Morgan fingerprint density at radius 2 is 1.96 bits per heavy atom. The number of para-hydroxylation sites is 1. The molecule has 122 valence electrons. The molecule has 3 nitrogen and oxygen atoms in total. The molecule has 0 saturated carbocycles.